The normalized spacial score (nSPS) is 15.3. The highest BCUT2D eigenvalue weighted by Crippen LogP contribution is 1.98. The number of hydrogen-bond donors (Lipinski definition) is 2. The second kappa shape index (κ2) is 4.10. The van der Waals surface area contributed by atoms with Crippen LogP contribution in [0.25, 0.3) is 0 Å². The van der Waals surface area contributed by atoms with Crippen LogP contribution in [0, 0.1) is 0 Å². The third kappa shape index (κ3) is 2.69. The van der Waals surface area contributed by atoms with Gasteiger partial charge in [-0.25, -0.2) is 0 Å². The summed E-state index contributed by atoms with van der Waals surface area (Å²) in [7, 11) is 1.39. The van der Waals surface area contributed by atoms with Crippen LogP contribution in [0.5, 0.6) is 0 Å². The molecular weight excluding hydrogens is 146 g/mol. The predicted octanol–water partition coefficient (Wildman–Crippen LogP) is -0.670. The van der Waals surface area contributed by atoms with Gasteiger partial charge in [-0.2, -0.15) is 0 Å². The van der Waals surface area contributed by atoms with E-state index in [0.29, 0.717) is 0 Å². The smallest absolute Gasteiger partial charge is 0.247 e. The largest absolute Gasteiger partial charge is 0.389 e. The maximum Gasteiger partial charge on any atom is 0.247 e. The lowest BCUT2D eigenvalue weighted by Gasteiger charge is -2.24. The molecular formula is C7H13NO3. The average molecular weight is 159 g/mol. The minimum atomic E-state index is -1.17. The molecule has 2 N–H and O–H groups in total. The van der Waals surface area contributed by atoms with Gasteiger partial charge in [-0.15, -0.1) is 0 Å². The Hall–Kier alpha value is -0.870. The third-order valence-corrected chi connectivity index (χ3v) is 1.35. The Labute approximate surface area is 65.7 Å². The highest BCUT2D eigenvalue weighted by Gasteiger charge is 2.18. The molecule has 0 aliphatic carbocycles. The number of aliphatic hydroxyl groups is 2. The van der Waals surface area contributed by atoms with Gasteiger partial charge in [-0.05, 0) is 13.0 Å². The van der Waals surface area contributed by atoms with Gasteiger partial charge in [0.25, 0.3) is 0 Å². The van der Waals surface area contributed by atoms with Gasteiger partial charge in [-0.3, -0.25) is 4.79 Å². The number of rotatable bonds is 3. The summed E-state index contributed by atoms with van der Waals surface area (Å²) in [4.78, 5) is 11.8. The number of hydrogen-bond acceptors (Lipinski definition) is 3. The number of amides is 1. The first kappa shape index (κ1) is 10.1. The Bertz CT molecular complexity index is 156. The van der Waals surface area contributed by atoms with Crippen molar-refractivity contribution in [1.82, 2.24) is 4.90 Å². The van der Waals surface area contributed by atoms with Crippen molar-refractivity contribution >= 4 is 5.91 Å². The van der Waals surface area contributed by atoms with Crippen molar-refractivity contribution in [2.24, 2.45) is 0 Å². The lowest BCUT2D eigenvalue weighted by Crippen LogP contribution is -2.42. The van der Waals surface area contributed by atoms with Gasteiger partial charge in [-0.1, -0.05) is 6.58 Å². The summed E-state index contributed by atoms with van der Waals surface area (Å²) in [5.41, 5.74) is 0. The molecule has 0 aromatic carbocycles. The second-order valence-corrected chi connectivity index (χ2v) is 2.31. The number of likely N-dealkylation sites (N-methyl/N-ethyl adjacent to an activating group) is 1. The van der Waals surface area contributed by atoms with E-state index in [0.717, 1.165) is 11.0 Å². The number of carbonyl (C=O) groups excluding carboxylic acids is 1. The van der Waals surface area contributed by atoms with Crippen LogP contribution in [-0.2, 0) is 4.79 Å². The maximum absolute atomic E-state index is 10.8. The van der Waals surface area contributed by atoms with Gasteiger partial charge in [0, 0.05) is 7.05 Å². The van der Waals surface area contributed by atoms with Gasteiger partial charge < -0.3 is 15.1 Å². The van der Waals surface area contributed by atoms with E-state index in [1.165, 1.54) is 14.0 Å². The van der Waals surface area contributed by atoms with E-state index in [4.69, 9.17) is 10.2 Å². The Morgan fingerprint density at radius 3 is 2.36 bits per heavy atom. The predicted molar refractivity (Wildman–Crippen MR) is 40.7 cm³/mol. The highest BCUT2D eigenvalue weighted by atomic mass is 16.3. The molecule has 4 nitrogen and oxygen atoms in total. The van der Waals surface area contributed by atoms with Crippen molar-refractivity contribution in [3.05, 3.63) is 12.7 Å². The van der Waals surface area contributed by atoms with Crippen molar-refractivity contribution in [2.45, 2.75) is 19.3 Å². The summed E-state index contributed by atoms with van der Waals surface area (Å²) in [6.45, 7) is 4.64. The van der Waals surface area contributed by atoms with E-state index in [-0.39, 0.29) is 0 Å². The molecule has 0 aromatic heterocycles. The Kier molecular flexibility index (Phi) is 3.78. The minimum Gasteiger partial charge on any atom is -0.389 e. The maximum atomic E-state index is 10.8. The molecule has 11 heavy (non-hydrogen) atoms. The molecule has 2 unspecified atom stereocenters. The van der Waals surface area contributed by atoms with Crippen LogP contribution >= 0.6 is 0 Å². The van der Waals surface area contributed by atoms with Crippen LogP contribution in [0.2, 0.25) is 0 Å². The van der Waals surface area contributed by atoms with Crippen LogP contribution in [-0.4, -0.2) is 40.4 Å². The fourth-order valence-electron chi connectivity index (χ4n) is 0.598. The summed E-state index contributed by atoms with van der Waals surface area (Å²) in [5.74, 6) is -0.418. The summed E-state index contributed by atoms with van der Waals surface area (Å²) in [6, 6.07) is 0. The molecule has 2 atom stereocenters. The van der Waals surface area contributed by atoms with E-state index in [2.05, 4.69) is 6.58 Å². The molecule has 1 amide bonds. The van der Waals surface area contributed by atoms with Gasteiger partial charge in [0.1, 0.15) is 0 Å². The van der Waals surface area contributed by atoms with Gasteiger partial charge >= 0.3 is 0 Å². The first-order chi connectivity index (χ1) is 5.00. The molecule has 0 rings (SSSR count). The number of aliphatic hydroxyl groups excluding tert-OH is 2. The number of nitrogens with zero attached hydrogens (tertiary/aromatic N) is 1. The second-order valence-electron chi connectivity index (χ2n) is 2.31. The zero-order chi connectivity index (χ0) is 9.02. The minimum absolute atomic E-state index is 0.418. The van der Waals surface area contributed by atoms with Crippen LogP contribution < -0.4 is 0 Å². The molecule has 0 radical (unpaired) electrons. The van der Waals surface area contributed by atoms with Gasteiger partial charge in [0.2, 0.25) is 5.91 Å². The average Bonchev–Trinajstić information content (AvgIpc) is 2.00. The summed E-state index contributed by atoms with van der Waals surface area (Å²) < 4.78 is 0. The summed E-state index contributed by atoms with van der Waals surface area (Å²) in [6.07, 6.45) is -1.05. The van der Waals surface area contributed by atoms with Crippen molar-refractivity contribution in [3.63, 3.8) is 0 Å². The van der Waals surface area contributed by atoms with E-state index in [1.807, 2.05) is 0 Å². The van der Waals surface area contributed by atoms with Crippen LogP contribution in [0.15, 0.2) is 12.7 Å². The fourth-order valence-corrected chi connectivity index (χ4v) is 0.598. The van der Waals surface area contributed by atoms with Crippen molar-refractivity contribution in [2.75, 3.05) is 7.05 Å². The van der Waals surface area contributed by atoms with Crippen LogP contribution in [0.4, 0.5) is 0 Å². The lowest BCUT2D eigenvalue weighted by atomic mass is 10.3. The molecule has 0 saturated heterocycles. The lowest BCUT2D eigenvalue weighted by molar-refractivity contribution is -0.140. The molecule has 0 spiro atoms. The molecule has 0 bridgehead atoms. The van der Waals surface area contributed by atoms with E-state index < -0.39 is 18.2 Å². The third-order valence-electron chi connectivity index (χ3n) is 1.35. The molecule has 4 heteroatoms. The molecule has 0 aliphatic heterocycles. The van der Waals surface area contributed by atoms with Crippen LogP contribution in [0.1, 0.15) is 6.92 Å². The summed E-state index contributed by atoms with van der Waals surface area (Å²) in [5, 5.41) is 18.0. The molecule has 0 heterocycles. The van der Waals surface area contributed by atoms with Crippen LogP contribution in [0.3, 0.4) is 0 Å². The molecule has 0 aliphatic rings. The SMILES string of the molecule is C=CC(=O)N(C)C(O)C(C)O. The first-order valence-electron chi connectivity index (χ1n) is 3.26. The Balaban J connectivity index is 4.11. The van der Waals surface area contributed by atoms with Crippen molar-refractivity contribution in [3.8, 4) is 0 Å². The monoisotopic (exact) mass is 159 g/mol. The van der Waals surface area contributed by atoms with E-state index >= 15 is 0 Å². The Morgan fingerprint density at radius 1 is 1.64 bits per heavy atom. The highest BCUT2D eigenvalue weighted by molar-refractivity contribution is 5.86. The quantitative estimate of drug-likeness (QED) is 0.424. The molecule has 64 valence electrons. The van der Waals surface area contributed by atoms with Crippen molar-refractivity contribution in [1.29, 1.82) is 0 Å². The Morgan fingerprint density at radius 2 is 2.09 bits per heavy atom. The van der Waals surface area contributed by atoms with E-state index in [9.17, 15) is 4.79 Å². The van der Waals surface area contributed by atoms with Gasteiger partial charge in [0.15, 0.2) is 6.23 Å². The standard InChI is InChI=1S/C7H13NO3/c1-4-6(10)8(3)7(11)5(2)9/h4-5,7,9,11H,1H2,2-3H3. The molecule has 0 fully saturated rings. The summed E-state index contributed by atoms with van der Waals surface area (Å²) >= 11 is 0. The fraction of sp³-hybridized carbons (Fsp3) is 0.571. The molecule has 0 aromatic rings. The zero-order valence-corrected chi connectivity index (χ0v) is 6.69. The molecule has 0 saturated carbocycles. The topological polar surface area (TPSA) is 60.8 Å². The van der Waals surface area contributed by atoms with Crippen molar-refractivity contribution < 1.29 is 15.0 Å². The van der Waals surface area contributed by atoms with E-state index in [1.54, 1.807) is 0 Å². The van der Waals surface area contributed by atoms with Gasteiger partial charge in [0.05, 0.1) is 6.10 Å². The zero-order valence-electron chi connectivity index (χ0n) is 6.69. The first-order valence-corrected chi connectivity index (χ1v) is 3.26. The number of carbonyl (C=O) groups is 1.